The fourth-order valence-electron chi connectivity index (χ4n) is 3.53. The van der Waals surface area contributed by atoms with E-state index < -0.39 is 17.9 Å². The van der Waals surface area contributed by atoms with Crippen LogP contribution in [0, 0.1) is 5.92 Å². The van der Waals surface area contributed by atoms with Gasteiger partial charge in [0.15, 0.2) is 0 Å². The first-order valence-electron chi connectivity index (χ1n) is 11.1. The average Bonchev–Trinajstić information content (AvgIpc) is 2.89. The molecule has 0 radical (unpaired) electrons. The Kier molecular flexibility index (Phi) is 10.2. The number of pyridine rings is 1. The summed E-state index contributed by atoms with van der Waals surface area (Å²) in [4.78, 5) is 29.4. The molecule has 9 heteroatoms. The van der Waals surface area contributed by atoms with Crippen LogP contribution < -0.4 is 15.5 Å². The monoisotopic (exact) mass is 479 g/mol. The van der Waals surface area contributed by atoms with E-state index in [1.165, 1.54) is 7.11 Å². The minimum atomic E-state index is -0.623. The van der Waals surface area contributed by atoms with Gasteiger partial charge in [0.25, 0.3) is 5.91 Å². The lowest BCUT2D eigenvalue weighted by molar-refractivity contribution is -0.134. The molecule has 3 aromatic rings. The Morgan fingerprint density at radius 3 is 2.40 bits per heavy atom. The standard InChI is InChI=1S/C26H29N3O6/c1-33-18-34-17-22(15-21(26(31)29-32)14-19-6-5-13-27-16-19)28-25(30)20-9-11-24(12-10-20)35-23-7-3-2-4-8-23/h2-13,16,21-22,32H,14-15,17-18H2,1H3,(H,28,30)(H,29,31). The smallest absolute Gasteiger partial charge is 0.251 e. The fourth-order valence-corrected chi connectivity index (χ4v) is 3.53. The van der Waals surface area contributed by atoms with Crippen molar-refractivity contribution in [3.05, 3.63) is 90.3 Å². The van der Waals surface area contributed by atoms with Gasteiger partial charge in [-0.05, 0) is 60.9 Å². The van der Waals surface area contributed by atoms with Gasteiger partial charge in [-0.3, -0.25) is 19.8 Å². The van der Waals surface area contributed by atoms with Crippen molar-refractivity contribution in [2.24, 2.45) is 5.92 Å². The maximum Gasteiger partial charge on any atom is 0.251 e. The highest BCUT2D eigenvalue weighted by molar-refractivity contribution is 5.94. The summed E-state index contributed by atoms with van der Waals surface area (Å²) in [5.41, 5.74) is 2.98. The largest absolute Gasteiger partial charge is 0.457 e. The van der Waals surface area contributed by atoms with Gasteiger partial charge in [0.2, 0.25) is 5.91 Å². The predicted octanol–water partition coefficient (Wildman–Crippen LogP) is 3.35. The number of carbonyl (C=O) groups is 2. The molecule has 0 bridgehead atoms. The molecule has 3 rings (SSSR count). The number of hydrogen-bond donors (Lipinski definition) is 3. The lowest BCUT2D eigenvalue weighted by Crippen LogP contribution is -2.42. The minimum Gasteiger partial charge on any atom is -0.457 e. The number of nitrogens with one attached hydrogen (secondary N) is 2. The minimum absolute atomic E-state index is 0.0390. The molecule has 1 heterocycles. The zero-order chi connectivity index (χ0) is 24.9. The predicted molar refractivity (Wildman–Crippen MR) is 128 cm³/mol. The number of nitrogens with zero attached hydrogens (tertiary/aromatic N) is 1. The molecule has 2 atom stereocenters. The highest BCUT2D eigenvalue weighted by atomic mass is 16.7. The molecule has 2 amide bonds. The number of methoxy groups -OCH3 is 1. The lowest BCUT2D eigenvalue weighted by atomic mass is 9.92. The van der Waals surface area contributed by atoms with E-state index in [-0.39, 0.29) is 25.7 Å². The Morgan fingerprint density at radius 1 is 1.00 bits per heavy atom. The van der Waals surface area contributed by atoms with Crippen molar-refractivity contribution in [1.29, 1.82) is 0 Å². The number of amides is 2. The van der Waals surface area contributed by atoms with Crippen LogP contribution in [0.1, 0.15) is 22.3 Å². The van der Waals surface area contributed by atoms with Crippen molar-refractivity contribution in [3.63, 3.8) is 0 Å². The molecule has 3 N–H and O–H groups in total. The molecule has 0 saturated carbocycles. The van der Waals surface area contributed by atoms with Crippen molar-refractivity contribution in [1.82, 2.24) is 15.8 Å². The van der Waals surface area contributed by atoms with Crippen molar-refractivity contribution < 1.29 is 29.0 Å². The molecule has 0 spiro atoms. The van der Waals surface area contributed by atoms with Gasteiger partial charge >= 0.3 is 0 Å². The summed E-state index contributed by atoms with van der Waals surface area (Å²) in [6, 6.07) is 19.2. The Balaban J connectivity index is 1.67. The van der Waals surface area contributed by atoms with Crippen LogP contribution in [0.25, 0.3) is 0 Å². The zero-order valence-electron chi connectivity index (χ0n) is 19.4. The molecule has 0 aliphatic heterocycles. The average molecular weight is 480 g/mol. The van der Waals surface area contributed by atoms with Crippen molar-refractivity contribution in [2.75, 3.05) is 20.5 Å². The molecule has 9 nitrogen and oxygen atoms in total. The number of hydroxylamine groups is 1. The van der Waals surface area contributed by atoms with Crippen LogP contribution in [0.2, 0.25) is 0 Å². The summed E-state index contributed by atoms with van der Waals surface area (Å²) >= 11 is 0. The third-order valence-electron chi connectivity index (χ3n) is 5.21. The Hall–Kier alpha value is -3.79. The molecule has 2 unspecified atom stereocenters. The topological polar surface area (TPSA) is 119 Å². The Morgan fingerprint density at radius 2 is 1.74 bits per heavy atom. The van der Waals surface area contributed by atoms with Crippen LogP contribution in [-0.2, 0) is 20.7 Å². The van der Waals surface area contributed by atoms with Crippen molar-refractivity contribution >= 4 is 11.8 Å². The van der Waals surface area contributed by atoms with E-state index in [1.54, 1.807) is 48.2 Å². The first-order chi connectivity index (χ1) is 17.1. The van der Waals surface area contributed by atoms with Gasteiger partial charge in [0.05, 0.1) is 12.6 Å². The number of ether oxygens (including phenoxy) is 3. The van der Waals surface area contributed by atoms with Crippen LogP contribution in [0.15, 0.2) is 79.1 Å². The second kappa shape index (κ2) is 13.8. The summed E-state index contributed by atoms with van der Waals surface area (Å²) < 4.78 is 16.2. The highest BCUT2D eigenvalue weighted by Crippen LogP contribution is 2.21. The van der Waals surface area contributed by atoms with E-state index in [9.17, 15) is 14.8 Å². The fraction of sp³-hybridized carbons (Fsp3) is 0.269. The summed E-state index contributed by atoms with van der Waals surface area (Å²) in [5.74, 6) is -0.206. The molecule has 1 aromatic heterocycles. The summed E-state index contributed by atoms with van der Waals surface area (Å²) in [5, 5.41) is 12.2. The second-order valence-corrected chi connectivity index (χ2v) is 7.86. The number of hydrogen-bond acceptors (Lipinski definition) is 7. The van der Waals surface area contributed by atoms with E-state index in [0.717, 1.165) is 5.56 Å². The molecule has 0 aliphatic carbocycles. The molecule has 0 aliphatic rings. The van der Waals surface area contributed by atoms with Crippen LogP contribution in [0.4, 0.5) is 0 Å². The maximum absolute atomic E-state index is 12.9. The molecule has 2 aromatic carbocycles. The van der Waals surface area contributed by atoms with E-state index in [4.69, 9.17) is 14.2 Å². The van der Waals surface area contributed by atoms with Crippen LogP contribution >= 0.6 is 0 Å². The van der Waals surface area contributed by atoms with E-state index in [1.807, 2.05) is 36.4 Å². The maximum atomic E-state index is 12.9. The lowest BCUT2D eigenvalue weighted by Gasteiger charge is -2.23. The molecule has 0 fully saturated rings. The SMILES string of the molecule is COCOCC(CC(Cc1cccnc1)C(=O)NO)NC(=O)c1ccc(Oc2ccccc2)cc1. The third kappa shape index (κ3) is 8.49. The van der Waals surface area contributed by atoms with Crippen molar-refractivity contribution in [3.8, 4) is 11.5 Å². The van der Waals surface area contributed by atoms with Crippen molar-refractivity contribution in [2.45, 2.75) is 18.9 Å². The third-order valence-corrected chi connectivity index (χ3v) is 5.21. The van der Waals surface area contributed by atoms with Gasteiger partial charge < -0.3 is 19.5 Å². The van der Waals surface area contributed by atoms with Gasteiger partial charge in [0, 0.05) is 31.0 Å². The molecule has 0 saturated heterocycles. The van der Waals surface area contributed by atoms with Gasteiger partial charge in [-0.15, -0.1) is 0 Å². The number of para-hydroxylation sites is 1. The number of carbonyl (C=O) groups excluding carboxylic acids is 2. The van der Waals surface area contributed by atoms with E-state index >= 15 is 0 Å². The van der Waals surface area contributed by atoms with Gasteiger partial charge in [-0.25, -0.2) is 5.48 Å². The number of rotatable bonds is 13. The van der Waals surface area contributed by atoms with Gasteiger partial charge in [-0.1, -0.05) is 24.3 Å². The van der Waals surface area contributed by atoms with E-state index in [0.29, 0.717) is 23.5 Å². The van der Waals surface area contributed by atoms with Crippen LogP contribution in [0.5, 0.6) is 11.5 Å². The summed E-state index contributed by atoms with van der Waals surface area (Å²) in [7, 11) is 1.50. The quantitative estimate of drug-likeness (QED) is 0.149. The Labute approximate surface area is 204 Å². The number of aromatic nitrogens is 1. The molecular weight excluding hydrogens is 450 g/mol. The zero-order valence-corrected chi connectivity index (χ0v) is 19.4. The number of benzene rings is 2. The molecule has 35 heavy (non-hydrogen) atoms. The van der Waals surface area contributed by atoms with E-state index in [2.05, 4.69) is 10.3 Å². The Bertz CT molecular complexity index is 1050. The first kappa shape index (κ1) is 25.8. The second-order valence-electron chi connectivity index (χ2n) is 7.86. The molecule has 184 valence electrons. The summed E-state index contributed by atoms with van der Waals surface area (Å²) in [6.45, 7) is 0.161. The first-order valence-corrected chi connectivity index (χ1v) is 11.1. The summed E-state index contributed by atoms with van der Waals surface area (Å²) in [6.07, 6.45) is 3.86. The normalized spacial score (nSPS) is 12.4. The van der Waals surface area contributed by atoms with Gasteiger partial charge in [0.1, 0.15) is 18.3 Å². The van der Waals surface area contributed by atoms with Crippen LogP contribution in [0.3, 0.4) is 0 Å². The molecular formula is C26H29N3O6. The highest BCUT2D eigenvalue weighted by Gasteiger charge is 2.25. The van der Waals surface area contributed by atoms with Gasteiger partial charge in [-0.2, -0.15) is 0 Å². The van der Waals surface area contributed by atoms with Crippen LogP contribution in [-0.4, -0.2) is 48.6 Å².